The van der Waals surface area contributed by atoms with E-state index in [-0.39, 0.29) is 24.8 Å². The van der Waals surface area contributed by atoms with Crippen molar-refractivity contribution in [3.8, 4) is 0 Å². The van der Waals surface area contributed by atoms with Crippen molar-refractivity contribution in [2.75, 3.05) is 41.3 Å². The van der Waals surface area contributed by atoms with Crippen molar-refractivity contribution in [3.05, 3.63) is 35.4 Å². The zero-order valence-corrected chi connectivity index (χ0v) is 26.6. The molecule has 1 rings (SSSR count). The summed E-state index contributed by atoms with van der Waals surface area (Å²) in [6.07, 6.45) is 22.5. The van der Waals surface area contributed by atoms with Gasteiger partial charge in [0.25, 0.3) is 0 Å². The van der Waals surface area contributed by atoms with Gasteiger partial charge in [-0.2, -0.15) is 0 Å². The van der Waals surface area contributed by atoms with Crippen LogP contribution in [0.15, 0.2) is 24.3 Å². The van der Waals surface area contributed by atoms with Gasteiger partial charge >= 0.3 is 0 Å². The van der Waals surface area contributed by atoms with E-state index in [1.165, 1.54) is 127 Å². The average Bonchev–Trinajstić information content (AvgIpc) is 2.78. The van der Waals surface area contributed by atoms with Gasteiger partial charge < -0.3 is 33.8 Å². The van der Waals surface area contributed by atoms with Crippen LogP contribution in [-0.4, -0.2) is 50.2 Å². The number of unbranched alkanes of at least 4 members (excludes halogenated alkanes) is 14. The van der Waals surface area contributed by atoms with E-state index in [0.29, 0.717) is 0 Å². The van der Waals surface area contributed by atoms with Gasteiger partial charge in [-0.15, -0.1) is 0 Å². The molecule has 0 saturated heterocycles. The maximum absolute atomic E-state index is 2.40. The molecule has 0 radical (unpaired) electrons. The fraction of sp³-hybridized carbons (Fsp3) is 0.812. The zero-order chi connectivity index (χ0) is 25.1. The molecule has 0 heterocycles. The summed E-state index contributed by atoms with van der Waals surface area (Å²) in [7, 11) is 9.61. The molecule has 1 aromatic carbocycles. The number of nitrogens with zero attached hydrogens (tertiary/aromatic N) is 2. The molecule has 214 valence electrons. The van der Waals surface area contributed by atoms with Gasteiger partial charge in [0.15, 0.2) is 0 Å². The molecular formula is C32H62Cl2N2. The van der Waals surface area contributed by atoms with Gasteiger partial charge in [0.05, 0.1) is 41.3 Å². The Morgan fingerprint density at radius 1 is 0.417 bits per heavy atom. The summed E-state index contributed by atoms with van der Waals surface area (Å²) in [4.78, 5) is 0. The molecule has 0 aromatic heterocycles. The summed E-state index contributed by atoms with van der Waals surface area (Å²) in [5, 5.41) is 0. The van der Waals surface area contributed by atoms with E-state index in [9.17, 15) is 0 Å². The van der Waals surface area contributed by atoms with E-state index < -0.39 is 0 Å². The second-order valence-corrected chi connectivity index (χ2v) is 12.4. The quantitative estimate of drug-likeness (QED) is 0.155. The first-order valence-electron chi connectivity index (χ1n) is 15.0. The van der Waals surface area contributed by atoms with Crippen molar-refractivity contribution >= 4 is 0 Å². The Hall–Kier alpha value is -0.280. The standard InChI is InChI=1S/C32H62N2.2ClH/c1-7-9-11-13-15-17-19-21-27-33(3,4)29-31-23-25-32(26-24-31)30-34(5,6)28-22-20-18-16-14-12-10-8-2;;/h23-26H,7-22,27-30H2,1-6H3;2*1H/q+2;;/p-2. The third kappa shape index (κ3) is 20.7. The van der Waals surface area contributed by atoms with Crippen LogP contribution >= 0.6 is 0 Å². The van der Waals surface area contributed by atoms with Crippen LogP contribution in [0.5, 0.6) is 0 Å². The van der Waals surface area contributed by atoms with Gasteiger partial charge in [-0.05, 0) is 25.7 Å². The molecule has 0 aliphatic rings. The summed E-state index contributed by atoms with van der Waals surface area (Å²) in [5.74, 6) is 0. The molecule has 2 nitrogen and oxygen atoms in total. The maximum atomic E-state index is 2.40. The molecule has 0 atom stereocenters. The van der Waals surface area contributed by atoms with Crippen LogP contribution in [0.2, 0.25) is 0 Å². The highest BCUT2D eigenvalue weighted by atomic mass is 35.5. The SMILES string of the molecule is CCCCCCCCCC[N+](C)(C)Cc1ccc(C[N+](C)(C)CCCCCCCCCC)cc1.[Cl-].[Cl-]. The maximum Gasteiger partial charge on any atom is 0.104 e. The molecule has 0 aliphatic carbocycles. The van der Waals surface area contributed by atoms with Crippen LogP contribution in [0, 0.1) is 0 Å². The molecule has 0 saturated carbocycles. The minimum absolute atomic E-state index is 0. The summed E-state index contributed by atoms with van der Waals surface area (Å²) >= 11 is 0. The second kappa shape index (κ2) is 22.7. The van der Waals surface area contributed by atoms with E-state index in [1.54, 1.807) is 0 Å². The Morgan fingerprint density at radius 3 is 0.944 bits per heavy atom. The summed E-state index contributed by atoms with van der Waals surface area (Å²) in [5.41, 5.74) is 2.98. The summed E-state index contributed by atoms with van der Waals surface area (Å²) in [6.45, 7) is 9.47. The van der Waals surface area contributed by atoms with Crippen molar-refractivity contribution in [2.24, 2.45) is 0 Å². The van der Waals surface area contributed by atoms with Crippen molar-refractivity contribution in [2.45, 2.75) is 130 Å². The number of hydrogen-bond donors (Lipinski definition) is 0. The van der Waals surface area contributed by atoms with E-state index in [0.717, 1.165) is 22.1 Å². The smallest absolute Gasteiger partial charge is 0.104 e. The third-order valence-corrected chi connectivity index (χ3v) is 7.48. The van der Waals surface area contributed by atoms with Gasteiger partial charge in [0.2, 0.25) is 0 Å². The Kier molecular flexibility index (Phi) is 23.9. The van der Waals surface area contributed by atoms with E-state index in [2.05, 4.69) is 66.3 Å². The van der Waals surface area contributed by atoms with Crippen LogP contribution in [0.4, 0.5) is 0 Å². The predicted molar refractivity (Wildman–Crippen MR) is 153 cm³/mol. The monoisotopic (exact) mass is 544 g/mol. The molecule has 36 heavy (non-hydrogen) atoms. The van der Waals surface area contributed by atoms with Crippen LogP contribution in [-0.2, 0) is 13.1 Å². The summed E-state index contributed by atoms with van der Waals surface area (Å²) < 4.78 is 2.21. The topological polar surface area (TPSA) is 0 Å². The number of halogens is 2. The Morgan fingerprint density at radius 2 is 0.667 bits per heavy atom. The van der Waals surface area contributed by atoms with Crippen molar-refractivity contribution in [1.82, 2.24) is 0 Å². The summed E-state index contributed by atoms with van der Waals surface area (Å²) in [6, 6.07) is 9.55. The Labute approximate surface area is 239 Å². The van der Waals surface area contributed by atoms with Gasteiger partial charge in [-0.3, -0.25) is 0 Å². The highest BCUT2D eigenvalue weighted by Gasteiger charge is 2.18. The Bertz CT molecular complexity index is 546. The van der Waals surface area contributed by atoms with Crippen LogP contribution < -0.4 is 24.8 Å². The lowest BCUT2D eigenvalue weighted by atomic mass is 10.1. The van der Waals surface area contributed by atoms with E-state index >= 15 is 0 Å². The minimum Gasteiger partial charge on any atom is -1.00 e. The molecule has 0 fully saturated rings. The predicted octanol–water partition coefficient (Wildman–Crippen LogP) is 3.13. The highest BCUT2D eigenvalue weighted by Crippen LogP contribution is 2.17. The highest BCUT2D eigenvalue weighted by molar-refractivity contribution is 5.21. The average molecular weight is 546 g/mol. The van der Waals surface area contributed by atoms with Crippen LogP contribution in [0.25, 0.3) is 0 Å². The van der Waals surface area contributed by atoms with Crippen LogP contribution in [0.3, 0.4) is 0 Å². The number of benzene rings is 1. The minimum atomic E-state index is 0. The molecule has 0 amide bonds. The normalized spacial score (nSPS) is 11.7. The molecule has 1 aromatic rings. The first kappa shape index (κ1) is 37.9. The second-order valence-electron chi connectivity index (χ2n) is 12.4. The molecule has 0 aliphatic heterocycles. The molecule has 0 N–H and O–H groups in total. The van der Waals surface area contributed by atoms with Gasteiger partial charge in [-0.1, -0.05) is 115 Å². The van der Waals surface area contributed by atoms with E-state index in [4.69, 9.17) is 0 Å². The lowest BCUT2D eigenvalue weighted by Gasteiger charge is -2.31. The largest absolute Gasteiger partial charge is 1.00 e. The van der Waals surface area contributed by atoms with Gasteiger partial charge in [-0.25, -0.2) is 0 Å². The molecule has 0 spiro atoms. The van der Waals surface area contributed by atoms with E-state index in [1.807, 2.05) is 0 Å². The van der Waals surface area contributed by atoms with Crippen molar-refractivity contribution < 1.29 is 33.8 Å². The number of hydrogen-bond acceptors (Lipinski definition) is 0. The molecule has 0 unspecified atom stereocenters. The van der Waals surface area contributed by atoms with Crippen LogP contribution in [0.1, 0.15) is 128 Å². The fourth-order valence-electron chi connectivity index (χ4n) is 5.24. The first-order chi connectivity index (χ1) is 16.3. The zero-order valence-electron chi connectivity index (χ0n) is 25.1. The lowest BCUT2D eigenvalue weighted by molar-refractivity contribution is -0.904. The Balaban J connectivity index is 0. The van der Waals surface area contributed by atoms with Crippen molar-refractivity contribution in [3.63, 3.8) is 0 Å². The molecule has 4 heteroatoms. The van der Waals surface area contributed by atoms with Crippen molar-refractivity contribution in [1.29, 1.82) is 0 Å². The fourth-order valence-corrected chi connectivity index (χ4v) is 5.24. The lowest BCUT2D eigenvalue weighted by Crippen LogP contribution is -3.00. The van der Waals surface area contributed by atoms with Gasteiger partial charge in [0.1, 0.15) is 13.1 Å². The number of rotatable bonds is 22. The first-order valence-corrected chi connectivity index (χ1v) is 15.0. The number of quaternary nitrogens is 2. The molecular weight excluding hydrogens is 483 g/mol. The third-order valence-electron chi connectivity index (χ3n) is 7.48. The van der Waals surface area contributed by atoms with Gasteiger partial charge in [0, 0.05) is 11.1 Å². The molecule has 0 bridgehead atoms.